The highest BCUT2D eigenvalue weighted by molar-refractivity contribution is 5.30. The van der Waals surface area contributed by atoms with E-state index in [0.717, 1.165) is 11.1 Å². The van der Waals surface area contributed by atoms with Crippen molar-refractivity contribution in [2.75, 3.05) is 6.54 Å². The predicted octanol–water partition coefficient (Wildman–Crippen LogP) is 2.20. The van der Waals surface area contributed by atoms with Crippen LogP contribution in [0, 0.1) is 6.92 Å². The Kier molecular flexibility index (Phi) is 3.89. The van der Waals surface area contributed by atoms with Gasteiger partial charge in [0.15, 0.2) is 0 Å². The molecule has 0 bridgehead atoms. The Labute approximate surface area is 92.3 Å². The molecule has 0 saturated heterocycles. The molecular weight excluding hydrogens is 186 g/mol. The molecule has 2 heteroatoms. The largest absolute Gasteiger partial charge is 0.384 e. The first-order chi connectivity index (χ1) is 6.93. The molecule has 0 fully saturated rings. The summed E-state index contributed by atoms with van der Waals surface area (Å²) in [6.07, 6.45) is 0. The summed E-state index contributed by atoms with van der Waals surface area (Å²) in [6.45, 7) is 8.61. The van der Waals surface area contributed by atoms with Crippen molar-refractivity contribution in [3.05, 3.63) is 35.4 Å². The van der Waals surface area contributed by atoms with Gasteiger partial charge in [0.25, 0.3) is 0 Å². The second-order valence-corrected chi connectivity index (χ2v) is 4.62. The molecule has 1 rings (SSSR count). The van der Waals surface area contributed by atoms with Crippen LogP contribution < -0.4 is 5.32 Å². The quantitative estimate of drug-likeness (QED) is 0.793. The van der Waals surface area contributed by atoms with E-state index in [1.807, 2.05) is 38.1 Å². The molecule has 2 nitrogen and oxygen atoms in total. The van der Waals surface area contributed by atoms with Crippen molar-refractivity contribution in [3.8, 4) is 0 Å². The van der Waals surface area contributed by atoms with Crippen molar-refractivity contribution in [2.45, 2.75) is 39.3 Å². The molecule has 0 radical (unpaired) electrons. The lowest BCUT2D eigenvalue weighted by Crippen LogP contribution is -2.39. The predicted molar refractivity (Wildman–Crippen MR) is 63.9 cm³/mol. The molecule has 0 amide bonds. The van der Waals surface area contributed by atoms with Gasteiger partial charge >= 0.3 is 0 Å². The standard InChI is InChI=1S/C13H21NO/c1-10(2)14-9-13(4,15)12-8-6-5-7-11(12)3/h5-8,10,14-15H,9H2,1-4H3. The maximum absolute atomic E-state index is 10.4. The summed E-state index contributed by atoms with van der Waals surface area (Å²) >= 11 is 0. The molecule has 0 aromatic heterocycles. The van der Waals surface area contributed by atoms with Gasteiger partial charge in [0.05, 0.1) is 5.60 Å². The summed E-state index contributed by atoms with van der Waals surface area (Å²) in [4.78, 5) is 0. The van der Waals surface area contributed by atoms with E-state index in [4.69, 9.17) is 0 Å². The fourth-order valence-electron chi connectivity index (χ4n) is 1.68. The third-order valence-corrected chi connectivity index (χ3v) is 2.58. The zero-order valence-electron chi connectivity index (χ0n) is 10.0. The van der Waals surface area contributed by atoms with Crippen molar-refractivity contribution >= 4 is 0 Å². The van der Waals surface area contributed by atoms with Crippen LogP contribution >= 0.6 is 0 Å². The Morgan fingerprint density at radius 1 is 1.33 bits per heavy atom. The van der Waals surface area contributed by atoms with Gasteiger partial charge in [-0.25, -0.2) is 0 Å². The van der Waals surface area contributed by atoms with Crippen LogP contribution in [0.4, 0.5) is 0 Å². The fraction of sp³-hybridized carbons (Fsp3) is 0.538. The molecule has 1 aromatic carbocycles. The van der Waals surface area contributed by atoms with Gasteiger partial charge in [-0.3, -0.25) is 0 Å². The van der Waals surface area contributed by atoms with Crippen LogP contribution in [0.1, 0.15) is 31.9 Å². The minimum atomic E-state index is -0.796. The third-order valence-electron chi connectivity index (χ3n) is 2.58. The maximum atomic E-state index is 10.4. The molecule has 0 saturated carbocycles. The normalized spacial score (nSPS) is 15.3. The minimum absolute atomic E-state index is 0.389. The summed E-state index contributed by atoms with van der Waals surface area (Å²) in [5.74, 6) is 0. The van der Waals surface area contributed by atoms with E-state index < -0.39 is 5.60 Å². The van der Waals surface area contributed by atoms with Gasteiger partial charge in [0.2, 0.25) is 0 Å². The Bertz CT molecular complexity index is 318. The molecule has 0 aliphatic carbocycles. The van der Waals surface area contributed by atoms with Crippen molar-refractivity contribution in [1.82, 2.24) is 5.32 Å². The Morgan fingerprint density at radius 2 is 1.93 bits per heavy atom. The van der Waals surface area contributed by atoms with Gasteiger partial charge in [-0.1, -0.05) is 38.1 Å². The number of hydrogen-bond donors (Lipinski definition) is 2. The monoisotopic (exact) mass is 207 g/mol. The third kappa shape index (κ3) is 3.33. The van der Waals surface area contributed by atoms with Gasteiger partial charge in [0, 0.05) is 12.6 Å². The lowest BCUT2D eigenvalue weighted by molar-refractivity contribution is 0.0543. The Hall–Kier alpha value is -0.860. The highest BCUT2D eigenvalue weighted by Gasteiger charge is 2.24. The summed E-state index contributed by atoms with van der Waals surface area (Å²) in [5.41, 5.74) is 1.33. The number of aliphatic hydroxyl groups is 1. The number of nitrogens with one attached hydrogen (secondary N) is 1. The van der Waals surface area contributed by atoms with E-state index in [0.29, 0.717) is 12.6 Å². The SMILES string of the molecule is Cc1ccccc1C(C)(O)CNC(C)C. The summed E-state index contributed by atoms with van der Waals surface area (Å²) in [6, 6.07) is 8.36. The van der Waals surface area contributed by atoms with Gasteiger partial charge in [0.1, 0.15) is 0 Å². The summed E-state index contributed by atoms with van der Waals surface area (Å²) in [7, 11) is 0. The molecule has 15 heavy (non-hydrogen) atoms. The van der Waals surface area contributed by atoms with Crippen molar-refractivity contribution < 1.29 is 5.11 Å². The van der Waals surface area contributed by atoms with Gasteiger partial charge in [-0.2, -0.15) is 0 Å². The van der Waals surface area contributed by atoms with Gasteiger partial charge in [-0.05, 0) is 25.0 Å². The van der Waals surface area contributed by atoms with Crippen LogP contribution in [0.2, 0.25) is 0 Å². The molecule has 2 N–H and O–H groups in total. The first-order valence-electron chi connectivity index (χ1n) is 5.45. The zero-order chi connectivity index (χ0) is 11.5. The highest BCUT2D eigenvalue weighted by Crippen LogP contribution is 2.22. The Morgan fingerprint density at radius 3 is 2.47 bits per heavy atom. The van der Waals surface area contributed by atoms with Crippen molar-refractivity contribution in [3.63, 3.8) is 0 Å². The first kappa shape index (κ1) is 12.2. The van der Waals surface area contributed by atoms with Crippen LogP contribution in [0.3, 0.4) is 0 Å². The zero-order valence-corrected chi connectivity index (χ0v) is 10.0. The van der Waals surface area contributed by atoms with E-state index in [-0.39, 0.29) is 0 Å². The van der Waals surface area contributed by atoms with E-state index in [2.05, 4.69) is 19.2 Å². The van der Waals surface area contributed by atoms with Crippen LogP contribution in [-0.2, 0) is 5.60 Å². The maximum Gasteiger partial charge on any atom is 0.0994 e. The summed E-state index contributed by atoms with van der Waals surface area (Å²) < 4.78 is 0. The topological polar surface area (TPSA) is 32.3 Å². The molecule has 1 aromatic rings. The lowest BCUT2D eigenvalue weighted by atomic mass is 9.92. The molecule has 0 spiro atoms. The smallest absolute Gasteiger partial charge is 0.0994 e. The van der Waals surface area contributed by atoms with E-state index in [9.17, 15) is 5.11 Å². The van der Waals surface area contributed by atoms with Gasteiger partial charge in [-0.15, -0.1) is 0 Å². The van der Waals surface area contributed by atoms with E-state index in [1.165, 1.54) is 0 Å². The molecule has 84 valence electrons. The Balaban J connectivity index is 2.81. The van der Waals surface area contributed by atoms with E-state index in [1.54, 1.807) is 0 Å². The number of aryl methyl sites for hydroxylation is 1. The average Bonchev–Trinajstić information content (AvgIpc) is 2.15. The van der Waals surface area contributed by atoms with Gasteiger partial charge < -0.3 is 10.4 Å². The minimum Gasteiger partial charge on any atom is -0.384 e. The van der Waals surface area contributed by atoms with E-state index >= 15 is 0 Å². The second-order valence-electron chi connectivity index (χ2n) is 4.62. The number of rotatable bonds is 4. The second kappa shape index (κ2) is 4.77. The number of hydrogen-bond acceptors (Lipinski definition) is 2. The highest BCUT2D eigenvalue weighted by atomic mass is 16.3. The molecular formula is C13H21NO. The van der Waals surface area contributed by atoms with Crippen molar-refractivity contribution in [1.29, 1.82) is 0 Å². The molecule has 0 aliphatic heterocycles. The average molecular weight is 207 g/mol. The summed E-state index contributed by atoms with van der Waals surface area (Å²) in [5, 5.41) is 13.6. The molecule has 1 unspecified atom stereocenters. The van der Waals surface area contributed by atoms with Crippen LogP contribution in [-0.4, -0.2) is 17.7 Å². The van der Waals surface area contributed by atoms with Crippen LogP contribution in [0.25, 0.3) is 0 Å². The van der Waals surface area contributed by atoms with Crippen LogP contribution in [0.15, 0.2) is 24.3 Å². The lowest BCUT2D eigenvalue weighted by Gasteiger charge is -2.27. The molecule has 1 atom stereocenters. The number of benzene rings is 1. The molecule has 0 heterocycles. The van der Waals surface area contributed by atoms with Crippen molar-refractivity contribution in [2.24, 2.45) is 0 Å². The first-order valence-corrected chi connectivity index (χ1v) is 5.45. The van der Waals surface area contributed by atoms with Crippen LogP contribution in [0.5, 0.6) is 0 Å². The fourth-order valence-corrected chi connectivity index (χ4v) is 1.68. The molecule has 0 aliphatic rings.